The highest BCUT2D eigenvalue weighted by Gasteiger charge is 2.42. The number of fused-ring (bicyclic) bond motifs is 10. The number of aromatic nitrogens is 2. The topological polar surface area (TPSA) is 9.86 Å². The molecule has 0 saturated carbocycles. The Hall–Kier alpha value is -5.80. The summed E-state index contributed by atoms with van der Waals surface area (Å²) >= 11 is 0. The lowest BCUT2D eigenvalue weighted by molar-refractivity contribution is 1.18. The largest absolute Gasteiger partial charge is 0.422 e. The van der Waals surface area contributed by atoms with Gasteiger partial charge in [0.15, 0.2) is 0 Å². The fourth-order valence-electron chi connectivity index (χ4n) is 8.46. The van der Waals surface area contributed by atoms with E-state index in [9.17, 15) is 0 Å². The predicted molar refractivity (Wildman–Crippen MR) is 190 cm³/mol. The number of para-hydroxylation sites is 2. The number of hydrogen-bond acceptors (Lipinski definition) is 0. The Balaban J connectivity index is 1.35. The second-order valence-electron chi connectivity index (χ2n) is 12.5. The van der Waals surface area contributed by atoms with Crippen LogP contribution in [0.1, 0.15) is 0 Å². The molecule has 7 aromatic carbocycles. The minimum absolute atomic E-state index is 0.00569. The minimum Gasteiger partial charge on any atom is -0.360 e. The highest BCUT2D eigenvalue weighted by molar-refractivity contribution is 6.78. The molecule has 0 N–H and O–H groups in total. The van der Waals surface area contributed by atoms with Crippen LogP contribution in [0.25, 0.3) is 88.1 Å². The SMILES string of the molecule is c1ccc(-c2cc3c4c(c2)c2ccccc2n4B2c4c-3cccc4-c3cc(-c4ccccc4)cc4c5ccccc5n2c34)cc1. The van der Waals surface area contributed by atoms with Crippen molar-refractivity contribution in [2.75, 3.05) is 0 Å². The summed E-state index contributed by atoms with van der Waals surface area (Å²) in [5.41, 5.74) is 16.9. The van der Waals surface area contributed by atoms with Crippen LogP contribution in [0.5, 0.6) is 0 Å². The van der Waals surface area contributed by atoms with Crippen molar-refractivity contribution in [2.45, 2.75) is 0 Å². The maximum absolute atomic E-state index is 2.64. The maximum Gasteiger partial charge on any atom is 0.422 e. The first-order chi connectivity index (χ1) is 22.3. The summed E-state index contributed by atoms with van der Waals surface area (Å²) in [5.74, 6) is 0. The summed E-state index contributed by atoms with van der Waals surface area (Å²) in [4.78, 5) is 0. The van der Waals surface area contributed by atoms with E-state index >= 15 is 0 Å². The van der Waals surface area contributed by atoms with E-state index in [0.29, 0.717) is 0 Å². The van der Waals surface area contributed by atoms with E-state index in [1.54, 1.807) is 0 Å². The van der Waals surface area contributed by atoms with Crippen LogP contribution in [0.15, 0.2) is 152 Å². The first-order valence-corrected chi connectivity index (χ1v) is 15.7. The third-order valence-electron chi connectivity index (χ3n) is 10.3. The van der Waals surface area contributed by atoms with E-state index in [4.69, 9.17) is 0 Å². The first kappa shape index (κ1) is 23.6. The van der Waals surface area contributed by atoms with Crippen molar-refractivity contribution in [1.29, 1.82) is 0 Å². The third-order valence-corrected chi connectivity index (χ3v) is 10.3. The van der Waals surface area contributed by atoms with Crippen molar-refractivity contribution in [1.82, 2.24) is 8.96 Å². The molecule has 0 aliphatic carbocycles. The molecule has 45 heavy (non-hydrogen) atoms. The van der Waals surface area contributed by atoms with Crippen LogP contribution in [0.3, 0.4) is 0 Å². The number of rotatable bonds is 2. The molecular weight excluding hydrogens is 543 g/mol. The van der Waals surface area contributed by atoms with Crippen LogP contribution in [-0.2, 0) is 0 Å². The average Bonchev–Trinajstić information content (AvgIpc) is 3.63. The fraction of sp³-hybridized carbons (Fsp3) is 0. The summed E-state index contributed by atoms with van der Waals surface area (Å²) in [6.07, 6.45) is 0. The molecule has 0 saturated heterocycles. The van der Waals surface area contributed by atoms with Crippen molar-refractivity contribution < 1.29 is 0 Å². The van der Waals surface area contributed by atoms with Gasteiger partial charge in [0.05, 0.1) is 0 Å². The van der Waals surface area contributed by atoms with Gasteiger partial charge >= 0.3 is 6.98 Å². The Morgan fingerprint density at radius 2 is 0.778 bits per heavy atom. The van der Waals surface area contributed by atoms with Crippen molar-refractivity contribution >= 4 is 56.1 Å². The number of benzene rings is 7. The lowest BCUT2D eigenvalue weighted by Gasteiger charge is -2.34. The minimum atomic E-state index is 0.00569. The normalized spacial score (nSPS) is 12.8. The molecule has 0 radical (unpaired) electrons. The molecule has 0 spiro atoms. The lowest BCUT2D eigenvalue weighted by atomic mass is 9.57. The molecule has 206 valence electrons. The molecule has 4 heterocycles. The monoisotopic (exact) mass is 568 g/mol. The second kappa shape index (κ2) is 8.43. The van der Waals surface area contributed by atoms with E-state index in [-0.39, 0.29) is 6.98 Å². The number of hydrogen-bond donors (Lipinski definition) is 0. The van der Waals surface area contributed by atoms with Crippen LogP contribution in [0.4, 0.5) is 0 Å². The van der Waals surface area contributed by atoms with E-state index in [0.717, 1.165) is 0 Å². The third kappa shape index (κ3) is 2.95. The molecule has 2 aliphatic rings. The van der Waals surface area contributed by atoms with E-state index in [1.165, 1.54) is 93.6 Å². The molecular formula is C42H25BN2. The van der Waals surface area contributed by atoms with Crippen molar-refractivity contribution in [2.24, 2.45) is 0 Å². The van der Waals surface area contributed by atoms with Gasteiger partial charge < -0.3 is 8.96 Å². The van der Waals surface area contributed by atoms with Crippen molar-refractivity contribution in [3.8, 4) is 44.5 Å². The second-order valence-corrected chi connectivity index (χ2v) is 12.5. The average molecular weight is 568 g/mol. The van der Waals surface area contributed by atoms with Crippen LogP contribution >= 0.6 is 0 Å². The number of nitrogens with zero attached hydrogens (tertiary/aromatic N) is 2. The molecule has 0 atom stereocenters. The van der Waals surface area contributed by atoms with Gasteiger partial charge in [0.1, 0.15) is 0 Å². The Kier molecular flexibility index (Phi) is 4.43. The molecule has 2 aromatic heterocycles. The standard InChI is InChI=1S/C42H25BN2/c1-3-12-26(13-4-1)28-22-34-30-16-7-9-20-38(30)44-41(34)36(24-28)32-18-11-19-33-37-25-29(27-14-5-2-6-15-27)23-35-31-17-8-10-21-39(31)45(42(35)37)43(44)40(32)33/h1-25H. The maximum atomic E-state index is 2.64. The molecule has 3 heteroatoms. The van der Waals surface area contributed by atoms with Gasteiger partial charge in [0, 0.05) is 54.7 Å². The molecule has 0 bridgehead atoms. The summed E-state index contributed by atoms with van der Waals surface area (Å²) in [7, 11) is 0. The molecule has 2 aliphatic heterocycles. The van der Waals surface area contributed by atoms with Gasteiger partial charge in [-0.25, -0.2) is 0 Å². The van der Waals surface area contributed by atoms with E-state index < -0.39 is 0 Å². The van der Waals surface area contributed by atoms with Gasteiger partial charge in [-0.2, -0.15) is 0 Å². The van der Waals surface area contributed by atoms with Gasteiger partial charge in [-0.1, -0.05) is 115 Å². The van der Waals surface area contributed by atoms with Crippen LogP contribution in [0, 0.1) is 0 Å². The van der Waals surface area contributed by atoms with Gasteiger partial charge in [-0.05, 0) is 75.2 Å². The quantitative estimate of drug-likeness (QED) is 0.184. The fourth-order valence-corrected chi connectivity index (χ4v) is 8.46. The Bertz CT molecular complexity index is 2510. The van der Waals surface area contributed by atoms with Crippen LogP contribution < -0.4 is 5.46 Å². The zero-order valence-electron chi connectivity index (χ0n) is 24.4. The molecule has 9 aromatic rings. The highest BCUT2D eigenvalue weighted by atomic mass is 15.1. The summed E-state index contributed by atoms with van der Waals surface area (Å²) in [6, 6.07) is 56.3. The van der Waals surface area contributed by atoms with Gasteiger partial charge in [-0.15, -0.1) is 0 Å². The zero-order valence-corrected chi connectivity index (χ0v) is 24.4. The van der Waals surface area contributed by atoms with Gasteiger partial charge in [0.2, 0.25) is 0 Å². The van der Waals surface area contributed by atoms with Crippen molar-refractivity contribution in [3.63, 3.8) is 0 Å². The van der Waals surface area contributed by atoms with E-state index in [1.807, 2.05) is 0 Å². The summed E-state index contributed by atoms with van der Waals surface area (Å²) in [6.45, 7) is 0.00569. The van der Waals surface area contributed by atoms with Gasteiger partial charge in [0.25, 0.3) is 0 Å². The zero-order chi connectivity index (χ0) is 29.2. The Labute approximate surface area is 260 Å². The molecule has 0 amide bonds. The Morgan fingerprint density at radius 3 is 1.27 bits per heavy atom. The lowest BCUT2D eigenvalue weighted by Crippen LogP contribution is -2.50. The van der Waals surface area contributed by atoms with Crippen LogP contribution in [-0.4, -0.2) is 15.9 Å². The predicted octanol–water partition coefficient (Wildman–Crippen LogP) is 9.99. The summed E-state index contributed by atoms with van der Waals surface area (Å²) < 4.78 is 5.28. The molecule has 0 unspecified atom stereocenters. The summed E-state index contributed by atoms with van der Waals surface area (Å²) in [5, 5.41) is 5.24. The highest BCUT2D eigenvalue weighted by Crippen LogP contribution is 2.48. The molecule has 0 fully saturated rings. The smallest absolute Gasteiger partial charge is 0.360 e. The molecule has 2 nitrogen and oxygen atoms in total. The van der Waals surface area contributed by atoms with Crippen LogP contribution in [0.2, 0.25) is 0 Å². The Morgan fingerprint density at radius 1 is 0.333 bits per heavy atom. The molecule has 11 rings (SSSR count). The van der Waals surface area contributed by atoms with Gasteiger partial charge in [-0.3, -0.25) is 0 Å². The van der Waals surface area contributed by atoms with Crippen molar-refractivity contribution in [3.05, 3.63) is 152 Å². The first-order valence-electron chi connectivity index (χ1n) is 15.7. The van der Waals surface area contributed by atoms with E-state index in [2.05, 4.69) is 161 Å².